The molecular formula is C15H21N5O3. The van der Waals surface area contributed by atoms with Crippen molar-refractivity contribution in [2.45, 2.75) is 46.3 Å². The van der Waals surface area contributed by atoms with Gasteiger partial charge in [-0.25, -0.2) is 4.79 Å². The van der Waals surface area contributed by atoms with Crippen molar-refractivity contribution in [3.05, 3.63) is 35.4 Å². The molecule has 2 aromatic heterocycles. The monoisotopic (exact) mass is 319 g/mol. The van der Waals surface area contributed by atoms with Crippen LogP contribution in [0.3, 0.4) is 0 Å². The summed E-state index contributed by atoms with van der Waals surface area (Å²) in [4.78, 5) is 22.7. The van der Waals surface area contributed by atoms with E-state index in [1.165, 1.54) is 17.1 Å². The summed E-state index contributed by atoms with van der Waals surface area (Å²) in [5.41, 5.74) is 2.12. The van der Waals surface area contributed by atoms with E-state index in [0.29, 0.717) is 13.1 Å². The van der Waals surface area contributed by atoms with Gasteiger partial charge in [0, 0.05) is 30.9 Å². The first-order chi connectivity index (χ1) is 10.8. The van der Waals surface area contributed by atoms with E-state index in [0.717, 1.165) is 11.4 Å². The Bertz CT molecular complexity index is 704. The highest BCUT2D eigenvalue weighted by Gasteiger charge is 2.11. The molecule has 0 aliphatic carbocycles. The minimum Gasteiger partial charge on any atom is -0.478 e. The molecule has 2 heterocycles. The van der Waals surface area contributed by atoms with Crippen LogP contribution in [0, 0.1) is 13.8 Å². The lowest BCUT2D eigenvalue weighted by atomic mass is 10.3. The zero-order chi connectivity index (χ0) is 17.0. The molecule has 1 unspecified atom stereocenters. The van der Waals surface area contributed by atoms with E-state index in [9.17, 15) is 9.59 Å². The van der Waals surface area contributed by atoms with Crippen molar-refractivity contribution >= 4 is 11.9 Å². The minimum atomic E-state index is -1.03. The Morgan fingerprint density at radius 1 is 1.39 bits per heavy atom. The predicted molar refractivity (Wildman–Crippen MR) is 83.1 cm³/mol. The molecule has 2 rings (SSSR count). The number of carboxylic acid groups (broad SMARTS) is 1. The van der Waals surface area contributed by atoms with Crippen molar-refractivity contribution in [1.82, 2.24) is 24.9 Å². The second kappa shape index (κ2) is 7.08. The summed E-state index contributed by atoms with van der Waals surface area (Å²) >= 11 is 0. The van der Waals surface area contributed by atoms with Gasteiger partial charge in [0.1, 0.15) is 0 Å². The maximum atomic E-state index is 11.9. The molecule has 1 atom stereocenters. The summed E-state index contributed by atoms with van der Waals surface area (Å²) in [6.45, 7) is 6.78. The molecule has 0 radical (unpaired) electrons. The Balaban J connectivity index is 1.79. The first-order valence-electron chi connectivity index (χ1n) is 7.41. The first-order valence-corrected chi connectivity index (χ1v) is 7.41. The summed E-state index contributed by atoms with van der Waals surface area (Å²) in [5.74, 6) is -1.13. The minimum absolute atomic E-state index is 0.0484. The third-order valence-corrected chi connectivity index (χ3v) is 3.41. The Hall–Kier alpha value is -2.64. The van der Waals surface area contributed by atoms with Crippen molar-refractivity contribution < 1.29 is 14.7 Å². The van der Waals surface area contributed by atoms with E-state index < -0.39 is 5.97 Å². The molecule has 8 heteroatoms. The predicted octanol–water partition coefficient (Wildman–Crippen LogP) is 0.990. The van der Waals surface area contributed by atoms with Gasteiger partial charge in [-0.15, -0.1) is 0 Å². The molecule has 0 aliphatic rings. The SMILES string of the molecule is Cc1cc(C)n(CC(C)NC(=O)CCn2cc(C(=O)O)cn2)n1. The van der Waals surface area contributed by atoms with E-state index in [-0.39, 0.29) is 23.9 Å². The summed E-state index contributed by atoms with van der Waals surface area (Å²) < 4.78 is 3.32. The number of nitrogens with zero attached hydrogens (tertiary/aromatic N) is 4. The molecule has 8 nitrogen and oxygen atoms in total. The number of carbonyl (C=O) groups is 2. The van der Waals surface area contributed by atoms with Crippen LogP contribution in [0.15, 0.2) is 18.5 Å². The summed E-state index contributed by atoms with van der Waals surface area (Å²) in [6, 6.07) is 1.94. The average Bonchev–Trinajstić information content (AvgIpc) is 3.04. The average molecular weight is 319 g/mol. The smallest absolute Gasteiger partial charge is 0.338 e. The van der Waals surface area contributed by atoms with Crippen LogP contribution < -0.4 is 5.32 Å². The molecule has 0 aliphatic heterocycles. The number of hydrogen-bond acceptors (Lipinski definition) is 4. The number of amides is 1. The van der Waals surface area contributed by atoms with Gasteiger partial charge in [-0.05, 0) is 26.8 Å². The highest BCUT2D eigenvalue weighted by atomic mass is 16.4. The third kappa shape index (κ3) is 4.67. The number of hydrogen-bond donors (Lipinski definition) is 2. The number of nitrogens with one attached hydrogen (secondary N) is 1. The van der Waals surface area contributed by atoms with Crippen LogP contribution in [0.2, 0.25) is 0 Å². The lowest BCUT2D eigenvalue weighted by Gasteiger charge is -2.15. The first kappa shape index (κ1) is 16.7. The van der Waals surface area contributed by atoms with Crippen LogP contribution in [0.25, 0.3) is 0 Å². The molecule has 0 bridgehead atoms. The number of carboxylic acids is 1. The fourth-order valence-corrected chi connectivity index (χ4v) is 2.32. The molecule has 2 N–H and O–H groups in total. The van der Waals surface area contributed by atoms with Gasteiger partial charge >= 0.3 is 5.97 Å². The number of rotatable bonds is 7. The Morgan fingerprint density at radius 2 is 2.13 bits per heavy atom. The third-order valence-electron chi connectivity index (χ3n) is 3.41. The van der Waals surface area contributed by atoms with Crippen LogP contribution in [0.1, 0.15) is 35.1 Å². The van der Waals surface area contributed by atoms with Gasteiger partial charge in [0.25, 0.3) is 0 Å². The zero-order valence-electron chi connectivity index (χ0n) is 13.5. The maximum Gasteiger partial charge on any atom is 0.338 e. The molecule has 124 valence electrons. The topological polar surface area (TPSA) is 102 Å². The quantitative estimate of drug-likeness (QED) is 0.792. The molecule has 0 spiro atoms. The van der Waals surface area contributed by atoms with Crippen molar-refractivity contribution in [2.24, 2.45) is 0 Å². The van der Waals surface area contributed by atoms with Crippen LogP contribution >= 0.6 is 0 Å². The van der Waals surface area contributed by atoms with Gasteiger partial charge in [0.15, 0.2) is 0 Å². The molecule has 0 saturated carbocycles. The van der Waals surface area contributed by atoms with Crippen LogP contribution in [-0.2, 0) is 17.9 Å². The van der Waals surface area contributed by atoms with E-state index >= 15 is 0 Å². The van der Waals surface area contributed by atoms with E-state index in [1.54, 1.807) is 0 Å². The molecule has 23 heavy (non-hydrogen) atoms. The fraction of sp³-hybridized carbons (Fsp3) is 0.467. The van der Waals surface area contributed by atoms with Crippen LogP contribution in [0.5, 0.6) is 0 Å². The van der Waals surface area contributed by atoms with Crippen LogP contribution in [-0.4, -0.2) is 42.6 Å². The summed E-state index contributed by atoms with van der Waals surface area (Å²) in [5, 5.41) is 20.0. The number of aromatic carboxylic acids is 1. The molecular weight excluding hydrogens is 298 g/mol. The molecule has 1 amide bonds. The van der Waals surface area contributed by atoms with E-state index in [1.807, 2.05) is 31.5 Å². The highest BCUT2D eigenvalue weighted by Crippen LogP contribution is 2.03. The van der Waals surface area contributed by atoms with Gasteiger partial charge in [-0.1, -0.05) is 0 Å². The Kier molecular flexibility index (Phi) is 5.15. The van der Waals surface area contributed by atoms with Crippen molar-refractivity contribution in [3.63, 3.8) is 0 Å². The van der Waals surface area contributed by atoms with Crippen LogP contribution in [0.4, 0.5) is 0 Å². The Morgan fingerprint density at radius 3 is 2.70 bits per heavy atom. The van der Waals surface area contributed by atoms with Gasteiger partial charge in [0.05, 0.1) is 24.0 Å². The summed E-state index contributed by atoms with van der Waals surface area (Å²) in [6.07, 6.45) is 2.92. The number of aryl methyl sites for hydroxylation is 3. The summed E-state index contributed by atoms with van der Waals surface area (Å²) in [7, 11) is 0. The fourth-order valence-electron chi connectivity index (χ4n) is 2.32. The molecule has 0 saturated heterocycles. The van der Waals surface area contributed by atoms with Gasteiger partial charge in [-0.3, -0.25) is 14.2 Å². The van der Waals surface area contributed by atoms with E-state index in [4.69, 9.17) is 5.11 Å². The molecule has 0 fully saturated rings. The van der Waals surface area contributed by atoms with Gasteiger partial charge in [-0.2, -0.15) is 10.2 Å². The Labute approximate surface area is 134 Å². The largest absolute Gasteiger partial charge is 0.478 e. The normalized spacial score (nSPS) is 12.1. The zero-order valence-corrected chi connectivity index (χ0v) is 13.5. The second-order valence-electron chi connectivity index (χ2n) is 5.63. The second-order valence-corrected chi connectivity index (χ2v) is 5.63. The van der Waals surface area contributed by atoms with Crippen molar-refractivity contribution in [2.75, 3.05) is 0 Å². The van der Waals surface area contributed by atoms with Gasteiger partial charge in [0.2, 0.25) is 5.91 Å². The lowest BCUT2D eigenvalue weighted by molar-refractivity contribution is -0.122. The molecule has 2 aromatic rings. The number of carbonyl (C=O) groups excluding carboxylic acids is 1. The maximum absolute atomic E-state index is 11.9. The number of aromatic nitrogens is 4. The van der Waals surface area contributed by atoms with E-state index in [2.05, 4.69) is 15.5 Å². The van der Waals surface area contributed by atoms with Gasteiger partial charge < -0.3 is 10.4 Å². The van der Waals surface area contributed by atoms with Crippen molar-refractivity contribution in [3.8, 4) is 0 Å². The molecule has 0 aromatic carbocycles. The highest BCUT2D eigenvalue weighted by molar-refractivity contribution is 5.86. The standard InChI is InChI=1S/C15H21N5O3/c1-10-6-12(3)20(18-10)8-11(2)17-14(21)4-5-19-9-13(7-16-19)15(22)23/h6-7,9,11H,4-5,8H2,1-3H3,(H,17,21)(H,22,23). The lowest BCUT2D eigenvalue weighted by Crippen LogP contribution is -2.36. The van der Waals surface area contributed by atoms with Crippen molar-refractivity contribution in [1.29, 1.82) is 0 Å².